The number of anilines is 1. The first-order chi connectivity index (χ1) is 7.70. The molecule has 1 aromatic rings. The predicted octanol–water partition coefficient (Wildman–Crippen LogP) is 2.52. The van der Waals surface area contributed by atoms with Gasteiger partial charge in [-0.3, -0.25) is 5.41 Å². The van der Waals surface area contributed by atoms with E-state index in [1.54, 1.807) is 6.07 Å². The number of nitrogens with zero attached hydrogens (tertiary/aromatic N) is 1. The molecule has 0 bridgehead atoms. The van der Waals surface area contributed by atoms with Crippen LogP contribution in [0.1, 0.15) is 24.8 Å². The van der Waals surface area contributed by atoms with Crippen molar-refractivity contribution < 1.29 is 4.39 Å². The summed E-state index contributed by atoms with van der Waals surface area (Å²) in [6, 6.07) is 4.86. The van der Waals surface area contributed by atoms with E-state index in [9.17, 15) is 4.39 Å². The average Bonchev–Trinajstić information content (AvgIpc) is 2.29. The molecular weight excluding hydrogens is 241 g/mol. The molecule has 0 atom stereocenters. The third kappa shape index (κ3) is 2.88. The molecule has 2 rings (SSSR count). The number of halogens is 2. The van der Waals surface area contributed by atoms with Gasteiger partial charge in [-0.1, -0.05) is 6.07 Å². The molecular formula is C12H17ClFN3. The SMILES string of the molecule is Cl.N=C(N)c1c(F)cccc1N1CCCCC1. The van der Waals surface area contributed by atoms with Gasteiger partial charge < -0.3 is 10.6 Å². The highest BCUT2D eigenvalue weighted by Crippen LogP contribution is 2.25. The van der Waals surface area contributed by atoms with Crippen molar-refractivity contribution in [1.82, 2.24) is 0 Å². The maximum atomic E-state index is 13.6. The van der Waals surface area contributed by atoms with Crippen LogP contribution in [0, 0.1) is 11.2 Å². The Morgan fingerprint density at radius 2 is 1.88 bits per heavy atom. The number of nitrogens with one attached hydrogen (secondary N) is 1. The number of piperidine rings is 1. The van der Waals surface area contributed by atoms with E-state index in [0.29, 0.717) is 0 Å². The number of hydrogen-bond acceptors (Lipinski definition) is 2. The fourth-order valence-electron chi connectivity index (χ4n) is 2.18. The molecule has 1 aromatic carbocycles. The lowest BCUT2D eigenvalue weighted by Gasteiger charge is -2.30. The molecule has 1 aliphatic rings. The molecule has 3 N–H and O–H groups in total. The number of rotatable bonds is 2. The zero-order chi connectivity index (χ0) is 11.5. The van der Waals surface area contributed by atoms with Gasteiger partial charge in [-0.15, -0.1) is 12.4 Å². The van der Waals surface area contributed by atoms with Gasteiger partial charge in [0.25, 0.3) is 0 Å². The molecule has 0 saturated carbocycles. The number of amidine groups is 1. The lowest BCUT2D eigenvalue weighted by Crippen LogP contribution is -2.32. The highest BCUT2D eigenvalue weighted by Gasteiger charge is 2.18. The van der Waals surface area contributed by atoms with E-state index in [1.807, 2.05) is 6.07 Å². The van der Waals surface area contributed by atoms with Crippen LogP contribution >= 0.6 is 12.4 Å². The Labute approximate surface area is 107 Å². The van der Waals surface area contributed by atoms with Gasteiger partial charge in [0, 0.05) is 13.1 Å². The third-order valence-electron chi connectivity index (χ3n) is 2.96. The molecule has 1 fully saturated rings. The van der Waals surface area contributed by atoms with Crippen LogP contribution in [-0.2, 0) is 0 Å². The van der Waals surface area contributed by atoms with E-state index in [4.69, 9.17) is 11.1 Å². The van der Waals surface area contributed by atoms with Crippen molar-refractivity contribution in [2.45, 2.75) is 19.3 Å². The fourth-order valence-corrected chi connectivity index (χ4v) is 2.18. The Hall–Kier alpha value is -1.29. The topological polar surface area (TPSA) is 53.1 Å². The largest absolute Gasteiger partial charge is 0.384 e. The Morgan fingerprint density at radius 3 is 2.47 bits per heavy atom. The summed E-state index contributed by atoms with van der Waals surface area (Å²) >= 11 is 0. The predicted molar refractivity (Wildman–Crippen MR) is 70.7 cm³/mol. The maximum absolute atomic E-state index is 13.6. The highest BCUT2D eigenvalue weighted by atomic mass is 35.5. The van der Waals surface area contributed by atoms with Gasteiger partial charge in [0.15, 0.2) is 0 Å². The van der Waals surface area contributed by atoms with Crippen molar-refractivity contribution in [2.75, 3.05) is 18.0 Å². The first-order valence-electron chi connectivity index (χ1n) is 5.58. The van der Waals surface area contributed by atoms with Crippen LogP contribution < -0.4 is 10.6 Å². The van der Waals surface area contributed by atoms with Crippen LogP contribution in [0.5, 0.6) is 0 Å². The van der Waals surface area contributed by atoms with Gasteiger partial charge in [0.2, 0.25) is 0 Å². The second kappa shape index (κ2) is 5.87. The third-order valence-corrected chi connectivity index (χ3v) is 2.96. The van der Waals surface area contributed by atoms with Crippen LogP contribution in [0.4, 0.5) is 10.1 Å². The van der Waals surface area contributed by atoms with Crippen LogP contribution in [0.3, 0.4) is 0 Å². The van der Waals surface area contributed by atoms with Crippen molar-refractivity contribution >= 4 is 23.9 Å². The van der Waals surface area contributed by atoms with E-state index in [2.05, 4.69) is 4.90 Å². The fraction of sp³-hybridized carbons (Fsp3) is 0.417. The first-order valence-corrected chi connectivity index (χ1v) is 5.58. The zero-order valence-electron chi connectivity index (χ0n) is 9.58. The smallest absolute Gasteiger partial charge is 0.136 e. The van der Waals surface area contributed by atoms with E-state index >= 15 is 0 Å². The van der Waals surface area contributed by atoms with Gasteiger partial charge in [-0.05, 0) is 31.4 Å². The Bertz CT molecular complexity index is 403. The molecule has 0 unspecified atom stereocenters. The van der Waals surface area contributed by atoms with Crippen LogP contribution in [0.25, 0.3) is 0 Å². The maximum Gasteiger partial charge on any atom is 0.136 e. The Morgan fingerprint density at radius 1 is 1.24 bits per heavy atom. The van der Waals surface area contributed by atoms with Crippen LogP contribution in [0.2, 0.25) is 0 Å². The van der Waals surface area contributed by atoms with Crippen molar-refractivity contribution in [3.05, 3.63) is 29.6 Å². The zero-order valence-corrected chi connectivity index (χ0v) is 10.4. The van der Waals surface area contributed by atoms with Crippen molar-refractivity contribution in [3.8, 4) is 0 Å². The molecule has 1 aliphatic heterocycles. The summed E-state index contributed by atoms with van der Waals surface area (Å²) in [6.07, 6.45) is 3.46. The minimum Gasteiger partial charge on any atom is -0.384 e. The molecule has 3 nitrogen and oxygen atoms in total. The van der Waals surface area contributed by atoms with Crippen LogP contribution in [0.15, 0.2) is 18.2 Å². The van der Waals surface area contributed by atoms with E-state index in [1.165, 1.54) is 12.5 Å². The molecule has 17 heavy (non-hydrogen) atoms. The van der Waals surface area contributed by atoms with Gasteiger partial charge in [-0.25, -0.2) is 4.39 Å². The van der Waals surface area contributed by atoms with Crippen LogP contribution in [-0.4, -0.2) is 18.9 Å². The highest BCUT2D eigenvalue weighted by molar-refractivity contribution is 6.00. The Balaban J connectivity index is 0.00000144. The summed E-state index contributed by atoms with van der Waals surface area (Å²) in [5.74, 6) is -0.603. The molecule has 94 valence electrons. The molecule has 1 heterocycles. The number of hydrogen-bond donors (Lipinski definition) is 2. The van der Waals surface area contributed by atoms with E-state index in [0.717, 1.165) is 31.6 Å². The monoisotopic (exact) mass is 257 g/mol. The van der Waals surface area contributed by atoms with Gasteiger partial charge in [0.1, 0.15) is 11.7 Å². The minimum absolute atomic E-state index is 0. The number of benzene rings is 1. The van der Waals surface area contributed by atoms with Gasteiger partial charge in [0.05, 0.1) is 11.3 Å². The number of nitrogen functional groups attached to an aromatic ring is 1. The summed E-state index contributed by atoms with van der Waals surface area (Å²) in [6.45, 7) is 1.84. The molecule has 0 aliphatic carbocycles. The average molecular weight is 258 g/mol. The van der Waals surface area contributed by atoms with E-state index < -0.39 is 5.82 Å². The summed E-state index contributed by atoms with van der Waals surface area (Å²) < 4.78 is 13.6. The molecule has 0 aromatic heterocycles. The molecule has 0 radical (unpaired) electrons. The lowest BCUT2D eigenvalue weighted by molar-refractivity contribution is 0.573. The summed E-state index contributed by atoms with van der Waals surface area (Å²) in [4.78, 5) is 2.11. The Kier molecular flexibility index (Phi) is 4.75. The summed E-state index contributed by atoms with van der Waals surface area (Å²) in [5.41, 5.74) is 6.44. The molecule has 1 saturated heterocycles. The van der Waals surface area contributed by atoms with Gasteiger partial charge >= 0.3 is 0 Å². The molecule has 0 spiro atoms. The normalized spacial score (nSPS) is 15.2. The first kappa shape index (κ1) is 13.8. The standard InChI is InChI=1S/C12H16FN3.ClH/c13-9-5-4-6-10(11(9)12(14)15)16-7-2-1-3-8-16;/h4-6H,1-3,7-8H2,(H3,14,15);1H. The summed E-state index contributed by atoms with van der Waals surface area (Å²) in [7, 11) is 0. The quantitative estimate of drug-likeness (QED) is 0.632. The second-order valence-corrected chi connectivity index (χ2v) is 4.10. The van der Waals surface area contributed by atoms with Crippen molar-refractivity contribution in [2.24, 2.45) is 5.73 Å². The minimum atomic E-state index is -0.407. The molecule has 5 heteroatoms. The molecule has 0 amide bonds. The lowest BCUT2D eigenvalue weighted by atomic mass is 10.1. The second-order valence-electron chi connectivity index (χ2n) is 4.10. The summed E-state index contributed by atoms with van der Waals surface area (Å²) in [5, 5.41) is 7.45. The van der Waals surface area contributed by atoms with Gasteiger partial charge in [-0.2, -0.15) is 0 Å². The van der Waals surface area contributed by atoms with Crippen molar-refractivity contribution in [3.63, 3.8) is 0 Å². The van der Waals surface area contributed by atoms with Crippen molar-refractivity contribution in [1.29, 1.82) is 5.41 Å². The number of nitrogens with two attached hydrogens (primary N) is 1. The van der Waals surface area contributed by atoms with E-state index in [-0.39, 0.29) is 23.8 Å².